The van der Waals surface area contributed by atoms with Crippen molar-refractivity contribution in [1.82, 2.24) is 0 Å². The molecule has 4 aromatic carbocycles. The van der Waals surface area contributed by atoms with Gasteiger partial charge in [-0.3, -0.25) is 0 Å². The molecular weight excluding hydrogens is 410 g/mol. The lowest BCUT2D eigenvalue weighted by molar-refractivity contribution is 0.414. The molecule has 33 heavy (non-hydrogen) atoms. The highest BCUT2D eigenvalue weighted by molar-refractivity contribution is 5.64. The molecule has 0 atom stereocenters. The quantitative estimate of drug-likeness (QED) is 0.258. The summed E-state index contributed by atoms with van der Waals surface area (Å²) in [5.41, 5.74) is 6.66. The van der Waals surface area contributed by atoms with Crippen LogP contribution in [-0.2, 0) is 13.1 Å². The highest BCUT2D eigenvalue weighted by atomic mass is 16.5. The first kappa shape index (κ1) is 22.1. The van der Waals surface area contributed by atoms with E-state index in [1.807, 2.05) is 24.3 Å². The molecule has 0 saturated carbocycles. The van der Waals surface area contributed by atoms with Gasteiger partial charge in [0, 0.05) is 35.8 Å². The molecule has 0 radical (unpaired) electrons. The lowest BCUT2D eigenvalue weighted by Crippen LogP contribution is -2.00. The van der Waals surface area contributed by atoms with Gasteiger partial charge in [0.25, 0.3) is 0 Å². The third kappa shape index (κ3) is 6.43. The molecule has 0 aromatic heterocycles. The summed E-state index contributed by atoms with van der Waals surface area (Å²) in [6.45, 7) is 1.53. The Hall–Kier alpha value is -4.12. The van der Waals surface area contributed by atoms with E-state index in [-0.39, 0.29) is 0 Å². The summed E-state index contributed by atoms with van der Waals surface area (Å²) >= 11 is 0. The van der Waals surface area contributed by atoms with Crippen LogP contribution in [0, 0.1) is 0 Å². The van der Waals surface area contributed by atoms with Crippen LogP contribution in [0.5, 0.6) is 11.5 Å². The number of hydrogen-bond donors (Lipinski definition) is 3. The molecule has 0 spiro atoms. The van der Waals surface area contributed by atoms with E-state index in [2.05, 4.69) is 88.7 Å². The largest absolute Gasteiger partial charge is 0.497 e. The fourth-order valence-electron chi connectivity index (χ4n) is 3.40. The Bertz CT molecular complexity index is 1030. The predicted molar refractivity (Wildman–Crippen MR) is 137 cm³/mol. The monoisotopic (exact) mass is 439 g/mol. The molecule has 0 aliphatic rings. The van der Waals surface area contributed by atoms with E-state index in [4.69, 9.17) is 9.47 Å². The van der Waals surface area contributed by atoms with Crippen molar-refractivity contribution in [3.05, 3.63) is 108 Å². The third-order valence-corrected chi connectivity index (χ3v) is 5.37. The number of hydrogen-bond acceptors (Lipinski definition) is 5. The standard InChI is InChI=1S/C28H29N3O2/c1-32-27-15-3-21(4-16-27)19-29-23-7-11-25(12-8-23)31-26-13-9-24(10-14-26)30-20-22-5-17-28(33-2)18-6-22/h3-18,29-31H,19-20H2,1-2H3. The minimum absolute atomic E-state index is 0.766. The van der Waals surface area contributed by atoms with Crippen molar-refractivity contribution < 1.29 is 9.47 Å². The van der Waals surface area contributed by atoms with E-state index in [0.29, 0.717) is 0 Å². The van der Waals surface area contributed by atoms with Crippen molar-refractivity contribution >= 4 is 22.7 Å². The van der Waals surface area contributed by atoms with E-state index in [1.54, 1.807) is 14.2 Å². The zero-order valence-corrected chi connectivity index (χ0v) is 19.0. The van der Waals surface area contributed by atoms with Gasteiger partial charge in [-0.25, -0.2) is 0 Å². The second-order valence-electron chi connectivity index (χ2n) is 7.68. The molecule has 5 nitrogen and oxygen atoms in total. The van der Waals surface area contributed by atoms with Crippen molar-refractivity contribution in [3.63, 3.8) is 0 Å². The van der Waals surface area contributed by atoms with Gasteiger partial charge >= 0.3 is 0 Å². The minimum Gasteiger partial charge on any atom is -0.497 e. The molecule has 0 heterocycles. The molecular formula is C28H29N3O2. The topological polar surface area (TPSA) is 54.5 Å². The fourth-order valence-corrected chi connectivity index (χ4v) is 3.40. The van der Waals surface area contributed by atoms with Gasteiger partial charge in [0.05, 0.1) is 14.2 Å². The Morgan fingerprint density at radius 3 is 1.12 bits per heavy atom. The lowest BCUT2D eigenvalue weighted by Gasteiger charge is -2.11. The Morgan fingerprint density at radius 2 is 0.788 bits per heavy atom. The maximum Gasteiger partial charge on any atom is 0.118 e. The van der Waals surface area contributed by atoms with E-state index in [9.17, 15) is 0 Å². The summed E-state index contributed by atoms with van der Waals surface area (Å²) in [5.74, 6) is 1.74. The van der Waals surface area contributed by atoms with Crippen molar-refractivity contribution in [3.8, 4) is 11.5 Å². The smallest absolute Gasteiger partial charge is 0.118 e. The summed E-state index contributed by atoms with van der Waals surface area (Å²) in [6.07, 6.45) is 0. The minimum atomic E-state index is 0.766. The zero-order chi connectivity index (χ0) is 22.9. The normalized spacial score (nSPS) is 10.4. The van der Waals surface area contributed by atoms with Crippen LogP contribution in [0.4, 0.5) is 22.7 Å². The van der Waals surface area contributed by atoms with Crippen LogP contribution in [0.3, 0.4) is 0 Å². The predicted octanol–water partition coefficient (Wildman–Crippen LogP) is 6.67. The van der Waals surface area contributed by atoms with Crippen LogP contribution in [0.15, 0.2) is 97.1 Å². The van der Waals surface area contributed by atoms with Gasteiger partial charge < -0.3 is 25.4 Å². The fraction of sp³-hybridized carbons (Fsp3) is 0.143. The van der Waals surface area contributed by atoms with Gasteiger partial charge in [-0.2, -0.15) is 0 Å². The third-order valence-electron chi connectivity index (χ3n) is 5.37. The zero-order valence-electron chi connectivity index (χ0n) is 19.0. The van der Waals surface area contributed by atoms with Crippen LogP contribution in [0.2, 0.25) is 0 Å². The first-order valence-corrected chi connectivity index (χ1v) is 10.9. The lowest BCUT2D eigenvalue weighted by atomic mass is 10.2. The van der Waals surface area contributed by atoms with Gasteiger partial charge in [-0.1, -0.05) is 24.3 Å². The van der Waals surface area contributed by atoms with Gasteiger partial charge in [0.2, 0.25) is 0 Å². The number of methoxy groups -OCH3 is 2. The van der Waals surface area contributed by atoms with Gasteiger partial charge in [0.15, 0.2) is 0 Å². The summed E-state index contributed by atoms with van der Waals surface area (Å²) in [4.78, 5) is 0. The second-order valence-corrected chi connectivity index (χ2v) is 7.68. The highest BCUT2D eigenvalue weighted by Crippen LogP contribution is 2.22. The van der Waals surface area contributed by atoms with E-state index in [0.717, 1.165) is 47.3 Å². The average Bonchev–Trinajstić information content (AvgIpc) is 2.88. The van der Waals surface area contributed by atoms with Crippen LogP contribution >= 0.6 is 0 Å². The SMILES string of the molecule is COc1ccc(CNc2ccc(Nc3ccc(NCc4ccc(OC)cc4)cc3)cc2)cc1. The maximum absolute atomic E-state index is 5.20. The Balaban J connectivity index is 1.25. The molecule has 5 heteroatoms. The Labute approximate surface area is 195 Å². The molecule has 4 rings (SSSR count). The first-order chi connectivity index (χ1) is 16.2. The van der Waals surface area contributed by atoms with E-state index >= 15 is 0 Å². The Kier molecular flexibility index (Phi) is 7.33. The van der Waals surface area contributed by atoms with Crippen LogP contribution in [-0.4, -0.2) is 14.2 Å². The molecule has 4 aromatic rings. The highest BCUT2D eigenvalue weighted by Gasteiger charge is 2.00. The van der Waals surface area contributed by atoms with Crippen molar-refractivity contribution in [2.75, 3.05) is 30.2 Å². The van der Waals surface area contributed by atoms with Crippen molar-refractivity contribution in [1.29, 1.82) is 0 Å². The average molecular weight is 440 g/mol. The molecule has 0 amide bonds. The van der Waals surface area contributed by atoms with Crippen LogP contribution in [0.25, 0.3) is 0 Å². The van der Waals surface area contributed by atoms with Crippen LogP contribution < -0.4 is 25.4 Å². The molecule has 0 aliphatic carbocycles. The molecule has 3 N–H and O–H groups in total. The molecule has 0 fully saturated rings. The maximum atomic E-state index is 5.20. The Morgan fingerprint density at radius 1 is 0.455 bits per heavy atom. The van der Waals surface area contributed by atoms with Gasteiger partial charge in [-0.15, -0.1) is 0 Å². The summed E-state index contributed by atoms with van der Waals surface area (Å²) in [5, 5.41) is 10.3. The van der Waals surface area contributed by atoms with Crippen LogP contribution in [0.1, 0.15) is 11.1 Å². The molecule has 0 aliphatic heterocycles. The number of rotatable bonds is 10. The number of ether oxygens (including phenoxy) is 2. The second kappa shape index (κ2) is 11.0. The van der Waals surface area contributed by atoms with Gasteiger partial charge in [0.1, 0.15) is 11.5 Å². The number of benzene rings is 4. The number of nitrogens with one attached hydrogen (secondary N) is 3. The molecule has 168 valence electrons. The van der Waals surface area contributed by atoms with Gasteiger partial charge in [-0.05, 0) is 83.9 Å². The molecule has 0 bridgehead atoms. The van der Waals surface area contributed by atoms with Crippen molar-refractivity contribution in [2.45, 2.75) is 13.1 Å². The van der Waals surface area contributed by atoms with Crippen molar-refractivity contribution in [2.24, 2.45) is 0 Å². The summed E-state index contributed by atoms with van der Waals surface area (Å²) in [6, 6.07) is 32.8. The molecule has 0 saturated heterocycles. The molecule has 0 unspecified atom stereocenters. The van der Waals surface area contributed by atoms with E-state index < -0.39 is 0 Å². The number of anilines is 4. The first-order valence-electron chi connectivity index (χ1n) is 10.9. The summed E-state index contributed by atoms with van der Waals surface area (Å²) < 4.78 is 10.4. The summed E-state index contributed by atoms with van der Waals surface area (Å²) in [7, 11) is 3.36. The van der Waals surface area contributed by atoms with E-state index in [1.165, 1.54) is 11.1 Å².